The predicted octanol–water partition coefficient (Wildman–Crippen LogP) is 1.93. The summed E-state index contributed by atoms with van der Waals surface area (Å²) in [7, 11) is 0. The van der Waals surface area contributed by atoms with Crippen molar-refractivity contribution in [2.75, 3.05) is 11.9 Å². The Kier molecular flexibility index (Phi) is 4.45. The predicted molar refractivity (Wildman–Crippen MR) is 66.9 cm³/mol. The fourth-order valence-corrected chi connectivity index (χ4v) is 1.22. The molecule has 1 aromatic rings. The highest BCUT2D eigenvalue weighted by molar-refractivity contribution is 5.83. The summed E-state index contributed by atoms with van der Waals surface area (Å²) in [5, 5.41) is 2.56. The molecule has 17 heavy (non-hydrogen) atoms. The van der Waals surface area contributed by atoms with Crippen LogP contribution in [0.1, 0.15) is 26.3 Å². The van der Waals surface area contributed by atoms with Crippen LogP contribution in [0, 0.1) is 0 Å². The van der Waals surface area contributed by atoms with Gasteiger partial charge in [-0.2, -0.15) is 0 Å². The topological polar surface area (TPSA) is 77.2 Å². The first-order valence-corrected chi connectivity index (χ1v) is 5.56. The number of nitrogens with two attached hydrogens (primary N) is 1. The lowest BCUT2D eigenvalue weighted by atomic mass is 10.2. The second kappa shape index (κ2) is 5.63. The molecule has 0 unspecified atom stereocenters. The van der Waals surface area contributed by atoms with E-state index < -0.39 is 11.7 Å². The van der Waals surface area contributed by atoms with Crippen LogP contribution in [0.5, 0.6) is 0 Å². The van der Waals surface area contributed by atoms with E-state index in [9.17, 15) is 4.79 Å². The average molecular weight is 237 g/mol. The van der Waals surface area contributed by atoms with Crippen LogP contribution >= 0.6 is 0 Å². The van der Waals surface area contributed by atoms with Gasteiger partial charge in [0.25, 0.3) is 0 Å². The number of carbonyl (C=O) groups excluding carboxylic acids is 1. The van der Waals surface area contributed by atoms with Crippen LogP contribution in [0.25, 0.3) is 0 Å². The van der Waals surface area contributed by atoms with Gasteiger partial charge < -0.3 is 10.5 Å². The van der Waals surface area contributed by atoms with Gasteiger partial charge in [-0.1, -0.05) is 6.07 Å². The van der Waals surface area contributed by atoms with E-state index in [2.05, 4.69) is 10.3 Å². The van der Waals surface area contributed by atoms with Crippen molar-refractivity contribution in [1.29, 1.82) is 0 Å². The smallest absolute Gasteiger partial charge is 0.413 e. The lowest BCUT2D eigenvalue weighted by Gasteiger charge is -2.19. The molecule has 0 atom stereocenters. The minimum atomic E-state index is -0.510. The molecule has 1 rings (SSSR count). The van der Waals surface area contributed by atoms with Crippen LogP contribution in [0.4, 0.5) is 10.6 Å². The normalized spacial score (nSPS) is 11.1. The Labute approximate surface area is 101 Å². The number of carbonyl (C=O) groups is 1. The highest BCUT2D eigenvalue weighted by Gasteiger charge is 2.16. The Morgan fingerprint density at radius 2 is 2.18 bits per heavy atom. The maximum atomic E-state index is 11.4. The largest absolute Gasteiger partial charge is 0.444 e. The highest BCUT2D eigenvalue weighted by atomic mass is 16.6. The van der Waals surface area contributed by atoms with Gasteiger partial charge >= 0.3 is 6.09 Å². The molecule has 0 spiro atoms. The summed E-state index contributed by atoms with van der Waals surface area (Å²) in [4.78, 5) is 15.5. The summed E-state index contributed by atoms with van der Waals surface area (Å²) in [5.74, 6) is 0.472. The van der Waals surface area contributed by atoms with Crippen molar-refractivity contribution in [2.24, 2.45) is 5.73 Å². The van der Waals surface area contributed by atoms with Gasteiger partial charge in [0, 0.05) is 6.20 Å². The lowest BCUT2D eigenvalue weighted by molar-refractivity contribution is 0.0635. The van der Waals surface area contributed by atoms with Crippen molar-refractivity contribution in [3.63, 3.8) is 0 Å². The molecule has 94 valence electrons. The first kappa shape index (κ1) is 13.4. The molecule has 5 heteroatoms. The minimum Gasteiger partial charge on any atom is -0.444 e. The number of rotatable bonds is 3. The third-order valence-corrected chi connectivity index (χ3v) is 1.89. The van der Waals surface area contributed by atoms with Gasteiger partial charge in [0.1, 0.15) is 11.4 Å². The Morgan fingerprint density at radius 1 is 1.47 bits per heavy atom. The zero-order chi connectivity index (χ0) is 12.9. The molecule has 0 bridgehead atoms. The molecule has 0 radical (unpaired) electrons. The second-order valence-electron chi connectivity index (χ2n) is 4.72. The average Bonchev–Trinajstić information content (AvgIpc) is 2.18. The quantitative estimate of drug-likeness (QED) is 0.842. The molecule has 3 N–H and O–H groups in total. The van der Waals surface area contributed by atoms with E-state index >= 15 is 0 Å². The molecule has 0 saturated heterocycles. The Morgan fingerprint density at radius 3 is 2.65 bits per heavy atom. The van der Waals surface area contributed by atoms with Crippen LogP contribution in [0.15, 0.2) is 18.3 Å². The number of ether oxygens (including phenoxy) is 1. The van der Waals surface area contributed by atoms with Crippen LogP contribution < -0.4 is 11.1 Å². The fourth-order valence-electron chi connectivity index (χ4n) is 1.22. The maximum absolute atomic E-state index is 11.4. The Balaban J connectivity index is 2.54. The van der Waals surface area contributed by atoms with Crippen molar-refractivity contribution in [3.8, 4) is 0 Å². The van der Waals surface area contributed by atoms with Crippen LogP contribution in [0.3, 0.4) is 0 Å². The molecule has 1 aromatic heterocycles. The number of hydrogen-bond donors (Lipinski definition) is 2. The zero-order valence-corrected chi connectivity index (χ0v) is 10.5. The monoisotopic (exact) mass is 237 g/mol. The van der Waals surface area contributed by atoms with Gasteiger partial charge in [-0.15, -0.1) is 0 Å². The summed E-state index contributed by atoms with van der Waals surface area (Å²) in [6.45, 7) is 6.01. The van der Waals surface area contributed by atoms with Crippen molar-refractivity contribution in [2.45, 2.75) is 32.8 Å². The number of anilines is 1. The number of amides is 1. The highest BCUT2D eigenvalue weighted by Crippen LogP contribution is 2.10. The molecule has 0 saturated carbocycles. The van der Waals surface area contributed by atoms with Gasteiger partial charge in [-0.25, -0.2) is 9.78 Å². The summed E-state index contributed by atoms with van der Waals surface area (Å²) < 4.78 is 5.11. The molecular formula is C12H19N3O2. The van der Waals surface area contributed by atoms with Gasteiger partial charge in [0.05, 0.1) is 0 Å². The van der Waals surface area contributed by atoms with Crippen LogP contribution in [0.2, 0.25) is 0 Å². The number of nitrogens with one attached hydrogen (secondary N) is 1. The first-order chi connectivity index (χ1) is 7.90. The van der Waals surface area contributed by atoms with E-state index in [1.807, 2.05) is 26.8 Å². The van der Waals surface area contributed by atoms with Crippen molar-refractivity contribution in [1.82, 2.24) is 4.98 Å². The molecule has 0 aliphatic carbocycles. The van der Waals surface area contributed by atoms with Crippen molar-refractivity contribution >= 4 is 11.9 Å². The SMILES string of the molecule is CC(C)(C)OC(=O)Nc1ccc(CCN)cn1. The van der Waals surface area contributed by atoms with E-state index in [1.165, 1.54) is 0 Å². The summed E-state index contributed by atoms with van der Waals surface area (Å²) in [6, 6.07) is 3.61. The molecule has 0 aliphatic heterocycles. The molecular weight excluding hydrogens is 218 g/mol. The standard InChI is InChI=1S/C12H19N3O2/c1-12(2,3)17-11(16)15-10-5-4-9(6-7-13)8-14-10/h4-5,8H,6-7,13H2,1-3H3,(H,14,15,16). The van der Waals surface area contributed by atoms with Gasteiger partial charge in [-0.05, 0) is 45.4 Å². The van der Waals surface area contributed by atoms with Gasteiger partial charge in [-0.3, -0.25) is 5.32 Å². The number of nitrogens with zero attached hydrogens (tertiary/aromatic N) is 1. The van der Waals surface area contributed by atoms with Gasteiger partial charge in [0.15, 0.2) is 0 Å². The number of hydrogen-bond acceptors (Lipinski definition) is 4. The van der Waals surface area contributed by atoms with E-state index in [0.29, 0.717) is 12.4 Å². The molecule has 1 amide bonds. The molecule has 0 aliphatic rings. The van der Waals surface area contributed by atoms with Crippen molar-refractivity contribution < 1.29 is 9.53 Å². The second-order valence-corrected chi connectivity index (χ2v) is 4.72. The van der Waals surface area contributed by atoms with Crippen LogP contribution in [-0.4, -0.2) is 23.2 Å². The third-order valence-electron chi connectivity index (χ3n) is 1.89. The summed E-state index contributed by atoms with van der Waals surface area (Å²) in [5.41, 5.74) is 5.96. The molecule has 0 fully saturated rings. The third kappa shape index (κ3) is 5.31. The summed E-state index contributed by atoms with van der Waals surface area (Å²) >= 11 is 0. The van der Waals surface area contributed by atoms with E-state index in [-0.39, 0.29) is 0 Å². The maximum Gasteiger partial charge on any atom is 0.413 e. The molecule has 1 heterocycles. The molecule has 0 aromatic carbocycles. The number of aromatic nitrogens is 1. The Hall–Kier alpha value is -1.62. The first-order valence-electron chi connectivity index (χ1n) is 5.56. The van der Waals surface area contributed by atoms with E-state index in [1.54, 1.807) is 12.3 Å². The summed E-state index contributed by atoms with van der Waals surface area (Å²) in [6.07, 6.45) is 1.97. The number of pyridine rings is 1. The van der Waals surface area contributed by atoms with Gasteiger partial charge in [0.2, 0.25) is 0 Å². The van der Waals surface area contributed by atoms with E-state index in [0.717, 1.165) is 12.0 Å². The lowest BCUT2D eigenvalue weighted by Crippen LogP contribution is -2.27. The van der Waals surface area contributed by atoms with E-state index in [4.69, 9.17) is 10.5 Å². The molecule has 5 nitrogen and oxygen atoms in total. The van der Waals surface area contributed by atoms with Crippen molar-refractivity contribution in [3.05, 3.63) is 23.9 Å². The zero-order valence-electron chi connectivity index (χ0n) is 10.5. The van der Waals surface area contributed by atoms with Crippen LogP contribution in [-0.2, 0) is 11.2 Å². The Bertz CT molecular complexity index is 368. The minimum absolute atomic E-state index is 0.472. The fraction of sp³-hybridized carbons (Fsp3) is 0.500.